The normalized spacial score (nSPS) is 11.6. The van der Waals surface area contributed by atoms with Crippen molar-refractivity contribution in [3.05, 3.63) is 66.1 Å². The molecule has 1 amide bonds. The Balaban J connectivity index is 1.65. The highest BCUT2D eigenvalue weighted by atomic mass is 16.1. The number of carbonyl (C=O) groups excluding carboxylic acids is 1. The lowest BCUT2D eigenvalue weighted by Crippen LogP contribution is -2.27. The van der Waals surface area contributed by atoms with E-state index < -0.39 is 0 Å². The van der Waals surface area contributed by atoms with Crippen molar-refractivity contribution in [3.8, 4) is 0 Å². The molecule has 1 N–H and O–H groups in total. The highest BCUT2D eigenvalue weighted by Crippen LogP contribution is 2.33. The van der Waals surface area contributed by atoms with E-state index in [-0.39, 0.29) is 5.91 Å². The average molecular weight is 360 g/mol. The van der Waals surface area contributed by atoms with Crippen LogP contribution in [0.15, 0.2) is 54.9 Å². The van der Waals surface area contributed by atoms with Crippen LogP contribution >= 0.6 is 0 Å². The SMILES string of the molecule is CC(C)n1c2ccccc2c2c1cc(C(=O)NCCc1cccnc1)n2C. The number of pyridine rings is 1. The summed E-state index contributed by atoms with van der Waals surface area (Å²) in [4.78, 5) is 16.9. The summed E-state index contributed by atoms with van der Waals surface area (Å²) in [6.45, 7) is 4.93. The van der Waals surface area contributed by atoms with Crippen LogP contribution in [0, 0.1) is 0 Å². The monoisotopic (exact) mass is 360 g/mol. The molecule has 1 aromatic carbocycles. The summed E-state index contributed by atoms with van der Waals surface area (Å²) < 4.78 is 4.31. The molecule has 0 aliphatic heterocycles. The fraction of sp³-hybridized carbons (Fsp3) is 0.273. The van der Waals surface area contributed by atoms with Crippen LogP contribution in [-0.4, -0.2) is 26.6 Å². The Morgan fingerprint density at radius 3 is 2.70 bits per heavy atom. The summed E-state index contributed by atoms with van der Waals surface area (Å²) in [5.74, 6) is -0.0445. The number of fused-ring (bicyclic) bond motifs is 3. The Labute approximate surface area is 158 Å². The second kappa shape index (κ2) is 6.91. The summed E-state index contributed by atoms with van der Waals surface area (Å²) in [6.07, 6.45) is 4.36. The third-order valence-electron chi connectivity index (χ3n) is 5.06. The van der Waals surface area contributed by atoms with Gasteiger partial charge in [0.15, 0.2) is 0 Å². The summed E-state index contributed by atoms with van der Waals surface area (Å²) in [5.41, 5.74) is 5.22. The number of aryl methyl sites for hydroxylation is 1. The Morgan fingerprint density at radius 2 is 1.96 bits per heavy atom. The summed E-state index contributed by atoms with van der Waals surface area (Å²) in [7, 11) is 1.97. The number of aromatic nitrogens is 3. The Morgan fingerprint density at radius 1 is 1.15 bits per heavy atom. The van der Waals surface area contributed by atoms with Crippen molar-refractivity contribution in [1.29, 1.82) is 0 Å². The van der Waals surface area contributed by atoms with E-state index in [1.807, 2.05) is 42.1 Å². The Hall–Kier alpha value is -3.08. The summed E-state index contributed by atoms with van der Waals surface area (Å²) in [6, 6.07) is 14.6. The molecule has 0 atom stereocenters. The molecule has 0 aliphatic carbocycles. The number of nitrogens with one attached hydrogen (secondary N) is 1. The number of hydrogen-bond acceptors (Lipinski definition) is 2. The summed E-state index contributed by atoms with van der Waals surface area (Å²) >= 11 is 0. The van der Waals surface area contributed by atoms with Gasteiger partial charge in [0.05, 0.1) is 16.6 Å². The van der Waals surface area contributed by atoms with Crippen molar-refractivity contribution in [2.24, 2.45) is 7.05 Å². The van der Waals surface area contributed by atoms with E-state index in [0.717, 1.165) is 23.0 Å². The molecule has 27 heavy (non-hydrogen) atoms. The minimum Gasteiger partial charge on any atom is -0.350 e. The molecule has 4 rings (SSSR count). The lowest BCUT2D eigenvalue weighted by molar-refractivity contribution is 0.0946. The number of rotatable bonds is 5. The van der Waals surface area contributed by atoms with Crippen molar-refractivity contribution < 1.29 is 4.79 Å². The van der Waals surface area contributed by atoms with E-state index in [0.29, 0.717) is 18.3 Å². The molecule has 4 aromatic rings. The zero-order valence-corrected chi connectivity index (χ0v) is 15.9. The molecular formula is C22H24N4O. The largest absolute Gasteiger partial charge is 0.350 e. The molecule has 0 bridgehead atoms. The average Bonchev–Trinajstić information content (AvgIpc) is 3.17. The van der Waals surface area contributed by atoms with E-state index in [1.54, 1.807) is 6.20 Å². The lowest BCUT2D eigenvalue weighted by atomic mass is 10.2. The van der Waals surface area contributed by atoms with E-state index in [4.69, 9.17) is 0 Å². The van der Waals surface area contributed by atoms with Gasteiger partial charge in [0, 0.05) is 37.4 Å². The van der Waals surface area contributed by atoms with E-state index in [1.165, 1.54) is 10.9 Å². The molecule has 138 valence electrons. The summed E-state index contributed by atoms with van der Waals surface area (Å²) in [5, 5.41) is 4.22. The molecule has 0 unspecified atom stereocenters. The van der Waals surface area contributed by atoms with Crippen LogP contribution in [0.1, 0.15) is 35.9 Å². The third kappa shape index (κ3) is 2.99. The first kappa shape index (κ1) is 17.3. The first-order chi connectivity index (χ1) is 13.1. The second-order valence-corrected chi connectivity index (χ2v) is 7.17. The molecule has 3 heterocycles. The van der Waals surface area contributed by atoms with Crippen molar-refractivity contribution in [2.45, 2.75) is 26.3 Å². The first-order valence-corrected chi connectivity index (χ1v) is 9.33. The number of hydrogen-bond donors (Lipinski definition) is 1. The molecule has 0 saturated carbocycles. The van der Waals surface area contributed by atoms with Crippen LogP contribution < -0.4 is 5.32 Å². The van der Waals surface area contributed by atoms with Gasteiger partial charge < -0.3 is 14.5 Å². The van der Waals surface area contributed by atoms with Crippen molar-refractivity contribution in [1.82, 2.24) is 19.4 Å². The van der Waals surface area contributed by atoms with Crippen LogP contribution in [0.25, 0.3) is 21.9 Å². The third-order valence-corrected chi connectivity index (χ3v) is 5.06. The minimum absolute atomic E-state index is 0.0445. The standard InChI is InChI=1S/C22H24N4O/c1-15(2)26-18-9-5-4-8-17(18)21-19(26)13-20(25(21)3)22(27)24-12-10-16-7-6-11-23-14-16/h4-9,11,13-15H,10,12H2,1-3H3,(H,24,27). The van der Waals surface area contributed by atoms with Crippen LogP contribution in [0.3, 0.4) is 0 Å². The topological polar surface area (TPSA) is 51.9 Å². The van der Waals surface area contributed by atoms with Gasteiger partial charge in [0.1, 0.15) is 5.69 Å². The van der Waals surface area contributed by atoms with Crippen molar-refractivity contribution >= 4 is 27.8 Å². The number of nitrogens with zero attached hydrogens (tertiary/aromatic N) is 3. The van der Waals surface area contributed by atoms with Gasteiger partial charge in [0.25, 0.3) is 5.91 Å². The molecular weight excluding hydrogens is 336 g/mol. The van der Waals surface area contributed by atoms with E-state index >= 15 is 0 Å². The maximum absolute atomic E-state index is 12.8. The first-order valence-electron chi connectivity index (χ1n) is 9.33. The van der Waals surface area contributed by atoms with Gasteiger partial charge in [0.2, 0.25) is 0 Å². The maximum atomic E-state index is 12.8. The van der Waals surface area contributed by atoms with Crippen LogP contribution in [0.2, 0.25) is 0 Å². The van der Waals surface area contributed by atoms with Gasteiger partial charge in [-0.25, -0.2) is 0 Å². The fourth-order valence-electron chi connectivity index (χ4n) is 3.83. The second-order valence-electron chi connectivity index (χ2n) is 7.17. The van der Waals surface area contributed by atoms with Crippen LogP contribution in [-0.2, 0) is 13.5 Å². The lowest BCUT2D eigenvalue weighted by Gasteiger charge is -2.10. The molecule has 0 saturated heterocycles. The molecule has 3 aromatic heterocycles. The zero-order valence-electron chi connectivity index (χ0n) is 15.9. The Kier molecular flexibility index (Phi) is 4.44. The molecule has 0 aliphatic rings. The fourth-order valence-corrected chi connectivity index (χ4v) is 3.83. The van der Waals surface area contributed by atoms with Gasteiger partial charge in [-0.15, -0.1) is 0 Å². The molecule has 5 nitrogen and oxygen atoms in total. The van der Waals surface area contributed by atoms with Crippen LogP contribution in [0.5, 0.6) is 0 Å². The van der Waals surface area contributed by atoms with Crippen molar-refractivity contribution in [3.63, 3.8) is 0 Å². The van der Waals surface area contributed by atoms with E-state index in [9.17, 15) is 4.79 Å². The highest BCUT2D eigenvalue weighted by molar-refractivity contribution is 6.10. The number of amides is 1. The number of benzene rings is 1. The van der Waals surface area contributed by atoms with Crippen LogP contribution in [0.4, 0.5) is 0 Å². The molecule has 0 spiro atoms. The van der Waals surface area contributed by atoms with Gasteiger partial charge in [-0.3, -0.25) is 9.78 Å². The minimum atomic E-state index is -0.0445. The van der Waals surface area contributed by atoms with Gasteiger partial charge in [-0.2, -0.15) is 0 Å². The molecule has 0 fully saturated rings. The van der Waals surface area contributed by atoms with Gasteiger partial charge >= 0.3 is 0 Å². The maximum Gasteiger partial charge on any atom is 0.268 e. The van der Waals surface area contributed by atoms with Gasteiger partial charge in [-0.05, 0) is 44.0 Å². The molecule has 5 heteroatoms. The zero-order chi connectivity index (χ0) is 19.0. The van der Waals surface area contributed by atoms with Gasteiger partial charge in [-0.1, -0.05) is 24.3 Å². The van der Waals surface area contributed by atoms with E-state index in [2.05, 4.69) is 46.9 Å². The molecule has 0 radical (unpaired) electrons. The van der Waals surface area contributed by atoms with Crippen molar-refractivity contribution in [2.75, 3.05) is 6.54 Å². The highest BCUT2D eigenvalue weighted by Gasteiger charge is 2.20. The quantitative estimate of drug-likeness (QED) is 0.583. The predicted octanol–water partition coefficient (Wildman–Crippen LogP) is 4.08. The number of para-hydroxylation sites is 1. The number of carbonyl (C=O) groups is 1. The smallest absolute Gasteiger partial charge is 0.268 e. The predicted molar refractivity (Wildman–Crippen MR) is 109 cm³/mol. The Bertz CT molecular complexity index is 1110.